The van der Waals surface area contributed by atoms with Gasteiger partial charge in [0.15, 0.2) is 0 Å². The molecule has 0 amide bonds. The van der Waals surface area contributed by atoms with Gasteiger partial charge in [-0.1, -0.05) is 115 Å². The van der Waals surface area contributed by atoms with E-state index in [1.165, 1.54) is 49.4 Å². The first-order valence-corrected chi connectivity index (χ1v) is 14.6. The van der Waals surface area contributed by atoms with Gasteiger partial charge < -0.3 is 9.47 Å². The molecule has 2 heteroatoms. The lowest BCUT2D eigenvalue weighted by atomic mass is 10.0. The molecule has 0 saturated carbocycles. The number of allylic oxidation sites excluding steroid dienone is 4. The Morgan fingerprint density at radius 2 is 1.21 bits per heavy atom. The number of aromatic nitrogens is 1. The SMILES string of the molecule is C1=CCC(n2c3ccccc3c3cc(-c4ccc(N(c5ccccc5)c5cccc6ccccc56)cc4)ccc32)C=C1. The van der Waals surface area contributed by atoms with Gasteiger partial charge in [-0.25, -0.2) is 0 Å². The maximum Gasteiger partial charge on any atom is 0.0560 e. The third-order valence-electron chi connectivity index (χ3n) is 8.48. The van der Waals surface area contributed by atoms with Crippen molar-refractivity contribution in [2.75, 3.05) is 4.90 Å². The second-order valence-electron chi connectivity index (χ2n) is 11.0. The molecular formula is C40H30N2. The van der Waals surface area contributed by atoms with Crippen LogP contribution in [0.1, 0.15) is 12.5 Å². The van der Waals surface area contributed by atoms with E-state index in [0.717, 1.165) is 17.8 Å². The molecule has 1 unspecified atom stereocenters. The van der Waals surface area contributed by atoms with Crippen LogP contribution < -0.4 is 4.90 Å². The van der Waals surface area contributed by atoms with E-state index in [0.29, 0.717) is 6.04 Å². The molecule has 0 saturated heterocycles. The summed E-state index contributed by atoms with van der Waals surface area (Å²) in [5.74, 6) is 0. The van der Waals surface area contributed by atoms with Crippen molar-refractivity contribution in [2.45, 2.75) is 12.5 Å². The Bertz CT molecular complexity index is 2110. The molecule has 1 aliphatic carbocycles. The Labute approximate surface area is 246 Å². The van der Waals surface area contributed by atoms with Gasteiger partial charge in [0, 0.05) is 38.6 Å². The summed E-state index contributed by atoms with van der Waals surface area (Å²) in [5.41, 5.74) is 8.47. The number of hydrogen-bond donors (Lipinski definition) is 0. The van der Waals surface area contributed by atoms with Crippen molar-refractivity contribution in [1.29, 1.82) is 0 Å². The smallest absolute Gasteiger partial charge is 0.0560 e. The normalized spacial score (nSPS) is 14.6. The van der Waals surface area contributed by atoms with Crippen molar-refractivity contribution < 1.29 is 0 Å². The molecule has 1 heterocycles. The molecule has 1 atom stereocenters. The van der Waals surface area contributed by atoms with Crippen LogP contribution in [0.2, 0.25) is 0 Å². The molecule has 0 bridgehead atoms. The Morgan fingerprint density at radius 3 is 2.05 bits per heavy atom. The molecule has 0 radical (unpaired) electrons. The minimum absolute atomic E-state index is 0.334. The predicted octanol–water partition coefficient (Wildman–Crippen LogP) is 11.1. The van der Waals surface area contributed by atoms with Gasteiger partial charge in [0.05, 0.1) is 11.7 Å². The highest BCUT2D eigenvalue weighted by Crippen LogP contribution is 2.40. The van der Waals surface area contributed by atoms with E-state index in [1.807, 2.05) is 0 Å². The maximum atomic E-state index is 2.50. The largest absolute Gasteiger partial charge is 0.333 e. The monoisotopic (exact) mass is 538 g/mol. The molecule has 2 nitrogen and oxygen atoms in total. The number of nitrogens with zero attached hydrogens (tertiary/aromatic N) is 2. The topological polar surface area (TPSA) is 8.17 Å². The third kappa shape index (κ3) is 4.12. The van der Waals surface area contributed by atoms with Crippen LogP contribution in [-0.4, -0.2) is 4.57 Å². The van der Waals surface area contributed by atoms with E-state index in [2.05, 4.69) is 173 Å². The van der Waals surface area contributed by atoms with Crippen LogP contribution in [0.15, 0.2) is 164 Å². The van der Waals surface area contributed by atoms with Gasteiger partial charge in [-0.2, -0.15) is 0 Å². The summed E-state index contributed by atoms with van der Waals surface area (Å²) in [6.07, 6.45) is 9.90. The Balaban J connectivity index is 1.23. The lowest BCUT2D eigenvalue weighted by Gasteiger charge is -2.27. The summed E-state index contributed by atoms with van der Waals surface area (Å²) in [6, 6.07) is 50.9. The van der Waals surface area contributed by atoms with Crippen LogP contribution in [0.3, 0.4) is 0 Å². The fourth-order valence-electron chi connectivity index (χ4n) is 6.51. The van der Waals surface area contributed by atoms with Crippen LogP contribution in [0.25, 0.3) is 43.7 Å². The Kier molecular flexibility index (Phi) is 5.97. The number of rotatable bonds is 5. The summed E-state index contributed by atoms with van der Waals surface area (Å²) in [6.45, 7) is 0. The molecule has 8 rings (SSSR count). The lowest BCUT2D eigenvalue weighted by molar-refractivity contribution is 0.648. The summed E-state index contributed by atoms with van der Waals surface area (Å²) in [7, 11) is 0. The fourth-order valence-corrected chi connectivity index (χ4v) is 6.51. The van der Waals surface area contributed by atoms with E-state index >= 15 is 0 Å². The van der Waals surface area contributed by atoms with E-state index in [9.17, 15) is 0 Å². The maximum absolute atomic E-state index is 2.50. The van der Waals surface area contributed by atoms with Gasteiger partial charge in [0.1, 0.15) is 0 Å². The molecule has 1 aliphatic rings. The van der Waals surface area contributed by atoms with Crippen LogP contribution in [0.4, 0.5) is 17.1 Å². The predicted molar refractivity (Wildman–Crippen MR) is 179 cm³/mol. The summed E-state index contributed by atoms with van der Waals surface area (Å²) in [5, 5.41) is 5.08. The second kappa shape index (κ2) is 10.2. The van der Waals surface area contributed by atoms with Crippen molar-refractivity contribution in [3.05, 3.63) is 164 Å². The second-order valence-corrected chi connectivity index (χ2v) is 11.0. The zero-order valence-electron chi connectivity index (χ0n) is 23.3. The summed E-state index contributed by atoms with van der Waals surface area (Å²) in [4.78, 5) is 2.36. The molecule has 200 valence electrons. The van der Waals surface area contributed by atoms with E-state index in [-0.39, 0.29) is 0 Å². The first kappa shape index (κ1) is 24.5. The third-order valence-corrected chi connectivity index (χ3v) is 8.48. The highest BCUT2D eigenvalue weighted by atomic mass is 15.1. The number of para-hydroxylation sites is 2. The van der Waals surface area contributed by atoms with Gasteiger partial charge in [-0.05, 0) is 71.5 Å². The Morgan fingerprint density at radius 1 is 0.524 bits per heavy atom. The first-order valence-electron chi connectivity index (χ1n) is 14.6. The molecule has 1 aromatic heterocycles. The van der Waals surface area contributed by atoms with Gasteiger partial charge in [0.2, 0.25) is 0 Å². The zero-order valence-corrected chi connectivity index (χ0v) is 23.3. The average molecular weight is 539 g/mol. The zero-order chi connectivity index (χ0) is 27.9. The van der Waals surface area contributed by atoms with E-state index < -0.39 is 0 Å². The Hall–Kier alpha value is -5.34. The van der Waals surface area contributed by atoms with Crippen molar-refractivity contribution in [3.63, 3.8) is 0 Å². The molecule has 0 fully saturated rings. The summed E-state index contributed by atoms with van der Waals surface area (Å²) < 4.78 is 2.50. The molecule has 7 aromatic rings. The van der Waals surface area contributed by atoms with Crippen LogP contribution in [0, 0.1) is 0 Å². The lowest BCUT2D eigenvalue weighted by Crippen LogP contribution is -2.10. The van der Waals surface area contributed by atoms with Crippen LogP contribution >= 0.6 is 0 Å². The molecular weight excluding hydrogens is 508 g/mol. The number of benzene rings is 6. The average Bonchev–Trinajstić information content (AvgIpc) is 3.40. The van der Waals surface area contributed by atoms with Gasteiger partial charge in [-0.3, -0.25) is 0 Å². The van der Waals surface area contributed by atoms with Crippen molar-refractivity contribution in [2.24, 2.45) is 0 Å². The quantitative estimate of drug-likeness (QED) is 0.212. The van der Waals surface area contributed by atoms with Gasteiger partial charge in [-0.15, -0.1) is 0 Å². The number of anilines is 3. The first-order chi connectivity index (χ1) is 20.8. The van der Waals surface area contributed by atoms with E-state index in [1.54, 1.807) is 0 Å². The number of hydrogen-bond acceptors (Lipinski definition) is 1. The van der Waals surface area contributed by atoms with Crippen LogP contribution in [0.5, 0.6) is 0 Å². The molecule has 42 heavy (non-hydrogen) atoms. The van der Waals surface area contributed by atoms with Crippen molar-refractivity contribution in [1.82, 2.24) is 4.57 Å². The molecule has 0 aliphatic heterocycles. The van der Waals surface area contributed by atoms with E-state index in [4.69, 9.17) is 0 Å². The van der Waals surface area contributed by atoms with Crippen molar-refractivity contribution >= 4 is 49.6 Å². The molecule has 0 N–H and O–H groups in total. The van der Waals surface area contributed by atoms with Crippen molar-refractivity contribution in [3.8, 4) is 11.1 Å². The van der Waals surface area contributed by atoms with Gasteiger partial charge in [0.25, 0.3) is 0 Å². The highest BCUT2D eigenvalue weighted by Gasteiger charge is 2.18. The fraction of sp³-hybridized carbons (Fsp3) is 0.0500. The highest BCUT2D eigenvalue weighted by molar-refractivity contribution is 6.09. The molecule has 0 spiro atoms. The van der Waals surface area contributed by atoms with Crippen LogP contribution in [-0.2, 0) is 0 Å². The minimum Gasteiger partial charge on any atom is -0.333 e. The molecule has 6 aromatic carbocycles. The van der Waals surface area contributed by atoms with Gasteiger partial charge >= 0.3 is 0 Å². The number of fused-ring (bicyclic) bond motifs is 4. The summed E-state index contributed by atoms with van der Waals surface area (Å²) >= 11 is 0. The minimum atomic E-state index is 0.334. The standard InChI is InChI=1S/C40H30N2/c1-3-14-32(15-4-1)41(38-21-11-13-30-12-7-8-18-35(30)38)34-25-22-29(23-26-34)31-24-27-40-37(28-31)36-19-9-10-20-39(36)42(40)33-16-5-2-6-17-33/h1-16,18-28,33H,17H2.